The van der Waals surface area contributed by atoms with Gasteiger partial charge in [0.25, 0.3) is 0 Å². The Bertz CT molecular complexity index is 1020. The smallest absolute Gasteiger partial charge is 0.159 e. The van der Waals surface area contributed by atoms with Gasteiger partial charge >= 0.3 is 0 Å². The van der Waals surface area contributed by atoms with Gasteiger partial charge in [-0.2, -0.15) is 5.10 Å². The molecule has 0 amide bonds. The van der Waals surface area contributed by atoms with Crippen LogP contribution in [0.2, 0.25) is 0 Å². The molecule has 2 aromatic heterocycles. The summed E-state index contributed by atoms with van der Waals surface area (Å²) in [5, 5.41) is 7.80. The number of aromatic nitrogens is 4. The molecule has 4 aromatic rings. The van der Waals surface area contributed by atoms with Crippen LogP contribution in [0.3, 0.4) is 0 Å². The van der Waals surface area contributed by atoms with E-state index < -0.39 is 0 Å². The van der Waals surface area contributed by atoms with E-state index in [9.17, 15) is 0 Å². The van der Waals surface area contributed by atoms with Crippen molar-refractivity contribution in [2.75, 3.05) is 0 Å². The van der Waals surface area contributed by atoms with Crippen molar-refractivity contribution in [3.8, 4) is 11.4 Å². The lowest BCUT2D eigenvalue weighted by molar-refractivity contribution is 0.654. The van der Waals surface area contributed by atoms with Crippen LogP contribution in [0.15, 0.2) is 79.4 Å². The Hall–Kier alpha value is -3.31. The summed E-state index contributed by atoms with van der Waals surface area (Å²) >= 11 is 0. The molecule has 2 aromatic carbocycles. The van der Waals surface area contributed by atoms with Crippen molar-refractivity contribution in [1.29, 1.82) is 0 Å². The van der Waals surface area contributed by atoms with Crippen LogP contribution in [0.5, 0.6) is 0 Å². The molecule has 5 nitrogen and oxygen atoms in total. The zero-order valence-electron chi connectivity index (χ0n) is 15.9. The van der Waals surface area contributed by atoms with Gasteiger partial charge < -0.3 is 5.32 Å². The van der Waals surface area contributed by atoms with Crippen molar-refractivity contribution < 1.29 is 0 Å². The quantitative estimate of drug-likeness (QED) is 0.535. The molecule has 0 spiro atoms. The summed E-state index contributed by atoms with van der Waals surface area (Å²) in [6.45, 7) is 4.37. The van der Waals surface area contributed by atoms with E-state index in [2.05, 4.69) is 63.7 Å². The van der Waals surface area contributed by atoms with Crippen LogP contribution in [-0.2, 0) is 19.6 Å². The van der Waals surface area contributed by atoms with Gasteiger partial charge in [-0.25, -0.2) is 9.97 Å². The van der Waals surface area contributed by atoms with Crippen molar-refractivity contribution in [2.45, 2.75) is 26.6 Å². The standard InChI is InChI=1S/C23H23N5/c1-18-6-4-9-20(12-18)23-25-14-19(15-26-23)13-24-16-21-7-2-3-8-22(21)17-28-11-5-10-27-28/h2-12,14-15,24H,13,16-17H2,1H3. The maximum atomic E-state index is 4.52. The molecule has 0 aliphatic carbocycles. The van der Waals surface area contributed by atoms with Gasteiger partial charge in [-0.15, -0.1) is 0 Å². The first-order chi connectivity index (χ1) is 13.8. The van der Waals surface area contributed by atoms with Crippen molar-refractivity contribution >= 4 is 0 Å². The lowest BCUT2D eigenvalue weighted by atomic mass is 10.1. The first kappa shape index (κ1) is 18.1. The monoisotopic (exact) mass is 369 g/mol. The zero-order chi connectivity index (χ0) is 19.2. The molecular formula is C23H23N5. The molecule has 0 bridgehead atoms. The summed E-state index contributed by atoms with van der Waals surface area (Å²) in [4.78, 5) is 9.04. The molecular weight excluding hydrogens is 346 g/mol. The molecule has 0 fully saturated rings. The maximum Gasteiger partial charge on any atom is 0.159 e. The topological polar surface area (TPSA) is 55.6 Å². The number of nitrogens with one attached hydrogen (secondary N) is 1. The minimum absolute atomic E-state index is 0.726. The number of hydrogen-bond donors (Lipinski definition) is 1. The van der Waals surface area contributed by atoms with E-state index in [0.29, 0.717) is 0 Å². The van der Waals surface area contributed by atoms with Crippen molar-refractivity contribution in [3.05, 3.63) is 102 Å². The third-order valence-electron chi connectivity index (χ3n) is 4.64. The molecule has 140 valence electrons. The summed E-state index contributed by atoms with van der Waals surface area (Å²) in [5.41, 5.74) is 5.87. The second-order valence-corrected chi connectivity index (χ2v) is 6.86. The van der Waals surface area contributed by atoms with Gasteiger partial charge in [0.1, 0.15) is 0 Å². The Morgan fingerprint density at radius 2 is 1.71 bits per heavy atom. The van der Waals surface area contributed by atoms with Crippen LogP contribution in [0.1, 0.15) is 22.3 Å². The highest BCUT2D eigenvalue weighted by atomic mass is 15.3. The van der Waals surface area contributed by atoms with E-state index in [1.54, 1.807) is 6.20 Å². The van der Waals surface area contributed by atoms with E-state index in [4.69, 9.17) is 0 Å². The Kier molecular flexibility index (Phi) is 5.54. The van der Waals surface area contributed by atoms with Crippen LogP contribution in [0.25, 0.3) is 11.4 Å². The average molecular weight is 369 g/mol. The van der Waals surface area contributed by atoms with Gasteiger partial charge in [-0.3, -0.25) is 4.68 Å². The van der Waals surface area contributed by atoms with Gasteiger partial charge in [-0.1, -0.05) is 48.0 Å². The van der Waals surface area contributed by atoms with E-state index in [1.807, 2.05) is 41.5 Å². The average Bonchev–Trinajstić information content (AvgIpc) is 3.23. The van der Waals surface area contributed by atoms with Crippen LogP contribution in [-0.4, -0.2) is 19.7 Å². The second kappa shape index (κ2) is 8.59. The largest absolute Gasteiger partial charge is 0.308 e. The molecule has 0 aliphatic rings. The van der Waals surface area contributed by atoms with Crippen molar-refractivity contribution in [1.82, 2.24) is 25.1 Å². The lowest BCUT2D eigenvalue weighted by Crippen LogP contribution is -2.15. The first-order valence-electron chi connectivity index (χ1n) is 9.41. The van der Waals surface area contributed by atoms with Gasteiger partial charge in [0, 0.05) is 49.0 Å². The van der Waals surface area contributed by atoms with Gasteiger partial charge in [-0.05, 0) is 30.2 Å². The molecule has 0 atom stereocenters. The van der Waals surface area contributed by atoms with Crippen LogP contribution in [0, 0.1) is 6.92 Å². The van der Waals surface area contributed by atoms with Crippen molar-refractivity contribution in [2.24, 2.45) is 0 Å². The summed E-state index contributed by atoms with van der Waals surface area (Å²) < 4.78 is 1.94. The van der Waals surface area contributed by atoms with Crippen LogP contribution in [0.4, 0.5) is 0 Å². The highest BCUT2D eigenvalue weighted by Crippen LogP contribution is 2.16. The van der Waals surface area contributed by atoms with Crippen LogP contribution < -0.4 is 5.32 Å². The fourth-order valence-corrected chi connectivity index (χ4v) is 3.17. The molecule has 1 N–H and O–H groups in total. The van der Waals surface area contributed by atoms with Gasteiger partial charge in [0.2, 0.25) is 0 Å². The molecule has 5 heteroatoms. The molecule has 4 rings (SSSR count). The number of hydrogen-bond acceptors (Lipinski definition) is 4. The molecule has 0 unspecified atom stereocenters. The highest BCUT2D eigenvalue weighted by molar-refractivity contribution is 5.55. The predicted molar refractivity (Wildman–Crippen MR) is 111 cm³/mol. The number of aryl methyl sites for hydroxylation is 1. The second-order valence-electron chi connectivity index (χ2n) is 6.86. The van der Waals surface area contributed by atoms with E-state index in [-0.39, 0.29) is 0 Å². The fraction of sp³-hybridized carbons (Fsp3) is 0.174. The molecule has 2 heterocycles. The predicted octanol–water partition coefficient (Wildman–Crippen LogP) is 3.99. The van der Waals surface area contributed by atoms with Crippen LogP contribution >= 0.6 is 0 Å². The van der Waals surface area contributed by atoms with E-state index in [1.165, 1.54) is 16.7 Å². The summed E-state index contributed by atoms with van der Waals surface area (Å²) in [5.74, 6) is 0.761. The summed E-state index contributed by atoms with van der Waals surface area (Å²) in [6.07, 6.45) is 7.58. The molecule has 0 saturated carbocycles. The maximum absolute atomic E-state index is 4.52. The molecule has 0 aliphatic heterocycles. The minimum Gasteiger partial charge on any atom is -0.308 e. The fourth-order valence-electron chi connectivity index (χ4n) is 3.17. The van der Waals surface area contributed by atoms with E-state index in [0.717, 1.165) is 36.6 Å². The summed E-state index contributed by atoms with van der Waals surface area (Å²) in [6, 6.07) is 18.6. The van der Waals surface area contributed by atoms with Crippen molar-refractivity contribution in [3.63, 3.8) is 0 Å². The summed E-state index contributed by atoms with van der Waals surface area (Å²) in [7, 11) is 0. The van der Waals surface area contributed by atoms with Gasteiger partial charge in [0.15, 0.2) is 5.82 Å². The molecule has 28 heavy (non-hydrogen) atoms. The number of rotatable bonds is 7. The zero-order valence-corrected chi connectivity index (χ0v) is 15.9. The molecule has 0 saturated heterocycles. The Morgan fingerprint density at radius 1 is 0.893 bits per heavy atom. The Labute approximate surface area is 165 Å². The Morgan fingerprint density at radius 3 is 2.46 bits per heavy atom. The normalized spacial score (nSPS) is 10.9. The Balaban J connectivity index is 1.37. The third-order valence-corrected chi connectivity index (χ3v) is 4.64. The molecule has 0 radical (unpaired) electrons. The van der Waals surface area contributed by atoms with E-state index >= 15 is 0 Å². The lowest BCUT2D eigenvalue weighted by Gasteiger charge is -2.11. The number of nitrogens with zero attached hydrogens (tertiary/aromatic N) is 4. The SMILES string of the molecule is Cc1cccc(-c2ncc(CNCc3ccccc3Cn3cccn3)cn2)c1. The number of benzene rings is 2. The van der Waals surface area contributed by atoms with Gasteiger partial charge in [0.05, 0.1) is 6.54 Å². The highest BCUT2D eigenvalue weighted by Gasteiger charge is 2.05. The third kappa shape index (κ3) is 4.50. The first-order valence-corrected chi connectivity index (χ1v) is 9.41. The minimum atomic E-state index is 0.726.